The average Bonchev–Trinajstić information content (AvgIpc) is 3.26. The Balaban J connectivity index is 1.87. The van der Waals surface area contributed by atoms with Gasteiger partial charge in [0.1, 0.15) is 10.7 Å². The van der Waals surface area contributed by atoms with Crippen LogP contribution in [-0.4, -0.2) is 40.8 Å². The summed E-state index contributed by atoms with van der Waals surface area (Å²) in [5.41, 5.74) is 1.69. The maximum atomic E-state index is 12.8. The zero-order valence-corrected chi connectivity index (χ0v) is 17.7. The zero-order valence-electron chi connectivity index (χ0n) is 16.9. The van der Waals surface area contributed by atoms with Gasteiger partial charge >= 0.3 is 11.9 Å². The van der Waals surface area contributed by atoms with Gasteiger partial charge in [0.15, 0.2) is 5.69 Å². The molecule has 2 aromatic rings. The number of rotatable bonds is 7. The van der Waals surface area contributed by atoms with Crippen molar-refractivity contribution >= 4 is 34.2 Å². The molecule has 1 aliphatic carbocycles. The van der Waals surface area contributed by atoms with Crippen molar-refractivity contribution in [3.05, 3.63) is 33.5 Å². The van der Waals surface area contributed by atoms with Crippen LogP contribution < -0.4 is 5.32 Å². The summed E-state index contributed by atoms with van der Waals surface area (Å²) >= 11 is 1.41. The van der Waals surface area contributed by atoms with Crippen LogP contribution in [0.15, 0.2) is 6.07 Å². The maximum Gasteiger partial charge on any atom is 0.356 e. The molecule has 9 heteroatoms. The van der Waals surface area contributed by atoms with Gasteiger partial charge < -0.3 is 14.8 Å². The number of aryl methyl sites for hydroxylation is 2. The smallest absolute Gasteiger partial charge is 0.356 e. The van der Waals surface area contributed by atoms with Gasteiger partial charge in [0.05, 0.1) is 18.8 Å². The molecule has 0 spiro atoms. The van der Waals surface area contributed by atoms with E-state index < -0.39 is 17.8 Å². The molecule has 3 rings (SSSR count). The average molecular weight is 420 g/mol. The lowest BCUT2D eigenvalue weighted by atomic mass is 9.95. The SMILES string of the molecule is CCCOC(=O)c1c(NC(=O)c2cc(C(=O)OCC)n(C)n2)sc2c1CCCC2. The van der Waals surface area contributed by atoms with E-state index in [0.717, 1.165) is 42.5 Å². The third kappa shape index (κ3) is 4.50. The third-order valence-electron chi connectivity index (χ3n) is 4.64. The van der Waals surface area contributed by atoms with Gasteiger partial charge in [-0.2, -0.15) is 5.10 Å². The van der Waals surface area contributed by atoms with Crippen LogP contribution in [0.1, 0.15) is 74.9 Å². The van der Waals surface area contributed by atoms with Crippen LogP contribution in [0.5, 0.6) is 0 Å². The molecule has 8 nitrogen and oxygen atoms in total. The van der Waals surface area contributed by atoms with E-state index in [4.69, 9.17) is 9.47 Å². The van der Waals surface area contributed by atoms with Crippen LogP contribution in [0.2, 0.25) is 0 Å². The molecule has 1 amide bonds. The minimum atomic E-state index is -0.544. The summed E-state index contributed by atoms with van der Waals surface area (Å²) in [5.74, 6) is -1.44. The van der Waals surface area contributed by atoms with Crippen molar-refractivity contribution in [3.8, 4) is 0 Å². The lowest BCUT2D eigenvalue weighted by Gasteiger charge is -2.12. The lowest BCUT2D eigenvalue weighted by Crippen LogP contribution is -2.16. The van der Waals surface area contributed by atoms with Crippen molar-refractivity contribution in [1.29, 1.82) is 0 Å². The monoisotopic (exact) mass is 419 g/mol. The van der Waals surface area contributed by atoms with Crippen molar-refractivity contribution in [2.45, 2.75) is 46.0 Å². The van der Waals surface area contributed by atoms with Crippen molar-refractivity contribution in [2.75, 3.05) is 18.5 Å². The Labute approximate surface area is 173 Å². The second-order valence-electron chi connectivity index (χ2n) is 6.76. The Bertz CT molecular complexity index is 931. The highest BCUT2D eigenvalue weighted by molar-refractivity contribution is 7.17. The molecule has 1 aliphatic rings. The first-order chi connectivity index (χ1) is 14.0. The van der Waals surface area contributed by atoms with Gasteiger partial charge in [-0.15, -0.1) is 11.3 Å². The number of ether oxygens (including phenoxy) is 2. The minimum absolute atomic E-state index is 0.0785. The molecule has 2 heterocycles. The molecular formula is C20H25N3O5S. The fourth-order valence-corrected chi connectivity index (χ4v) is 4.55. The molecule has 0 saturated carbocycles. The van der Waals surface area contributed by atoms with E-state index in [1.807, 2.05) is 6.92 Å². The van der Waals surface area contributed by atoms with Gasteiger partial charge in [0.25, 0.3) is 5.91 Å². The molecule has 1 N–H and O–H groups in total. The summed E-state index contributed by atoms with van der Waals surface area (Å²) in [6, 6.07) is 1.38. The van der Waals surface area contributed by atoms with Gasteiger partial charge in [-0.25, -0.2) is 9.59 Å². The quantitative estimate of drug-likeness (QED) is 0.691. The molecule has 0 saturated heterocycles. The van der Waals surface area contributed by atoms with Gasteiger partial charge in [0, 0.05) is 18.0 Å². The first-order valence-corrected chi connectivity index (χ1v) is 10.6. The molecular weight excluding hydrogens is 394 g/mol. The van der Waals surface area contributed by atoms with Crippen LogP contribution in [-0.2, 0) is 29.4 Å². The van der Waals surface area contributed by atoms with Crippen molar-refractivity contribution < 1.29 is 23.9 Å². The number of aromatic nitrogens is 2. The fraction of sp³-hybridized carbons (Fsp3) is 0.500. The Morgan fingerprint density at radius 1 is 1.17 bits per heavy atom. The normalized spacial score (nSPS) is 12.9. The highest BCUT2D eigenvalue weighted by Gasteiger charge is 2.28. The second-order valence-corrected chi connectivity index (χ2v) is 7.87. The first-order valence-electron chi connectivity index (χ1n) is 9.80. The molecule has 0 aliphatic heterocycles. The molecule has 2 aromatic heterocycles. The summed E-state index contributed by atoms with van der Waals surface area (Å²) in [6.45, 7) is 4.20. The Hall–Kier alpha value is -2.68. The molecule has 29 heavy (non-hydrogen) atoms. The van der Waals surface area contributed by atoms with Gasteiger partial charge in [0.2, 0.25) is 0 Å². The number of nitrogens with one attached hydrogen (secondary N) is 1. The number of amides is 1. The fourth-order valence-electron chi connectivity index (χ4n) is 3.28. The Kier molecular flexibility index (Phi) is 6.68. The molecule has 0 bridgehead atoms. The number of carbonyl (C=O) groups is 3. The van der Waals surface area contributed by atoms with Crippen LogP contribution in [0, 0.1) is 0 Å². The van der Waals surface area contributed by atoms with Crippen molar-refractivity contribution in [2.24, 2.45) is 7.05 Å². The van der Waals surface area contributed by atoms with Crippen LogP contribution in [0.3, 0.4) is 0 Å². The highest BCUT2D eigenvalue weighted by Crippen LogP contribution is 2.38. The molecule has 0 aromatic carbocycles. The molecule has 0 radical (unpaired) electrons. The third-order valence-corrected chi connectivity index (χ3v) is 5.84. The minimum Gasteiger partial charge on any atom is -0.462 e. The Morgan fingerprint density at radius 3 is 2.66 bits per heavy atom. The first kappa shape index (κ1) is 21.0. The number of nitrogens with zero attached hydrogens (tertiary/aromatic N) is 2. The molecule has 0 fully saturated rings. The number of thiophene rings is 1. The van der Waals surface area contributed by atoms with Crippen molar-refractivity contribution in [3.63, 3.8) is 0 Å². The van der Waals surface area contributed by atoms with Gasteiger partial charge in [-0.1, -0.05) is 6.92 Å². The van der Waals surface area contributed by atoms with Gasteiger partial charge in [-0.3, -0.25) is 9.48 Å². The lowest BCUT2D eigenvalue weighted by molar-refractivity contribution is 0.0499. The van der Waals surface area contributed by atoms with E-state index in [0.29, 0.717) is 17.2 Å². The summed E-state index contributed by atoms with van der Waals surface area (Å²) < 4.78 is 11.6. The van der Waals surface area contributed by atoms with E-state index in [1.165, 1.54) is 22.1 Å². The maximum absolute atomic E-state index is 12.8. The van der Waals surface area contributed by atoms with Gasteiger partial charge in [-0.05, 0) is 44.6 Å². The molecule has 0 atom stereocenters. The number of hydrogen-bond acceptors (Lipinski definition) is 7. The standard InChI is InChI=1S/C20H25N3O5S/c1-4-10-28-20(26)16-12-8-6-7-9-15(12)29-18(16)21-17(24)13-11-14(23(3)22-13)19(25)27-5-2/h11H,4-10H2,1-3H3,(H,21,24). The highest BCUT2D eigenvalue weighted by atomic mass is 32.1. The number of anilines is 1. The summed E-state index contributed by atoms with van der Waals surface area (Å²) in [6.07, 6.45) is 4.49. The number of carbonyl (C=O) groups excluding carboxylic acids is 3. The largest absolute Gasteiger partial charge is 0.462 e. The van der Waals surface area contributed by atoms with E-state index in [-0.39, 0.29) is 18.0 Å². The Morgan fingerprint density at radius 2 is 1.93 bits per heavy atom. The number of esters is 2. The second kappa shape index (κ2) is 9.21. The van der Waals surface area contributed by atoms with Crippen molar-refractivity contribution in [1.82, 2.24) is 9.78 Å². The van der Waals surface area contributed by atoms with E-state index in [1.54, 1.807) is 14.0 Å². The van der Waals surface area contributed by atoms with Crippen LogP contribution >= 0.6 is 11.3 Å². The molecule has 156 valence electrons. The summed E-state index contributed by atoms with van der Waals surface area (Å²) in [7, 11) is 1.57. The summed E-state index contributed by atoms with van der Waals surface area (Å²) in [5, 5.41) is 7.39. The van der Waals surface area contributed by atoms with E-state index in [9.17, 15) is 14.4 Å². The summed E-state index contributed by atoms with van der Waals surface area (Å²) in [4.78, 5) is 38.5. The topological polar surface area (TPSA) is 99.5 Å². The number of hydrogen-bond donors (Lipinski definition) is 1. The number of fused-ring (bicyclic) bond motifs is 1. The van der Waals surface area contributed by atoms with Crippen LogP contribution in [0.25, 0.3) is 0 Å². The zero-order chi connectivity index (χ0) is 21.0. The van der Waals surface area contributed by atoms with Crippen LogP contribution in [0.4, 0.5) is 5.00 Å². The molecule has 0 unspecified atom stereocenters. The van der Waals surface area contributed by atoms with E-state index >= 15 is 0 Å². The predicted octanol–water partition coefficient (Wildman–Crippen LogP) is 3.36. The predicted molar refractivity (Wildman–Crippen MR) is 109 cm³/mol. The van der Waals surface area contributed by atoms with E-state index in [2.05, 4.69) is 10.4 Å².